The number of rotatable bonds is 8. The van der Waals surface area contributed by atoms with Gasteiger partial charge >= 0.3 is 0 Å². The van der Waals surface area contributed by atoms with Gasteiger partial charge in [0, 0.05) is 24.4 Å². The van der Waals surface area contributed by atoms with Crippen LogP contribution < -0.4 is 10.6 Å². The van der Waals surface area contributed by atoms with Crippen molar-refractivity contribution in [3.63, 3.8) is 0 Å². The molecule has 172 valence electrons. The van der Waals surface area contributed by atoms with Gasteiger partial charge < -0.3 is 10.6 Å². The van der Waals surface area contributed by atoms with E-state index in [-0.39, 0.29) is 29.6 Å². The minimum atomic E-state index is -0.442. The number of halogens is 1. The van der Waals surface area contributed by atoms with Gasteiger partial charge in [-0.05, 0) is 35.4 Å². The van der Waals surface area contributed by atoms with Crippen LogP contribution in [-0.4, -0.2) is 28.3 Å². The van der Waals surface area contributed by atoms with Gasteiger partial charge in [0.25, 0.3) is 5.91 Å². The standard InChI is InChI=1S/C26H23ClN4O2S/c1-17-6-8-18(9-7-17)16-34-26-29-15-22(27)24(31-26)25(33)28-13-12-23(32)30-21-11-10-19-4-2-3-5-20(19)14-21/h2-11,14-15H,12-13,16H2,1H3,(H,28,33)(H,30,32). The van der Waals surface area contributed by atoms with Crippen molar-refractivity contribution in [2.24, 2.45) is 0 Å². The third-order valence-corrected chi connectivity index (χ3v) is 6.31. The van der Waals surface area contributed by atoms with Crippen LogP contribution in [0, 0.1) is 6.92 Å². The van der Waals surface area contributed by atoms with E-state index < -0.39 is 5.91 Å². The molecule has 2 amide bonds. The Morgan fingerprint density at radius 2 is 1.76 bits per heavy atom. The van der Waals surface area contributed by atoms with E-state index >= 15 is 0 Å². The Balaban J connectivity index is 1.29. The Morgan fingerprint density at radius 1 is 1.00 bits per heavy atom. The number of anilines is 1. The number of carbonyl (C=O) groups excluding carboxylic acids is 2. The van der Waals surface area contributed by atoms with E-state index in [2.05, 4.69) is 32.7 Å². The Kier molecular flexibility index (Phi) is 7.77. The zero-order valence-corrected chi connectivity index (χ0v) is 20.1. The molecular weight excluding hydrogens is 468 g/mol. The van der Waals surface area contributed by atoms with Crippen molar-refractivity contribution in [3.8, 4) is 0 Å². The van der Waals surface area contributed by atoms with E-state index in [1.807, 2.05) is 61.5 Å². The summed E-state index contributed by atoms with van der Waals surface area (Å²) in [5.74, 6) is 0.0413. The number of amides is 2. The first-order valence-corrected chi connectivity index (χ1v) is 12.1. The second-order valence-electron chi connectivity index (χ2n) is 7.74. The van der Waals surface area contributed by atoms with Crippen molar-refractivity contribution in [3.05, 3.63) is 94.8 Å². The maximum Gasteiger partial charge on any atom is 0.271 e. The topological polar surface area (TPSA) is 84.0 Å². The minimum Gasteiger partial charge on any atom is -0.350 e. The van der Waals surface area contributed by atoms with E-state index in [0.717, 1.165) is 16.3 Å². The Hall–Kier alpha value is -3.42. The molecule has 34 heavy (non-hydrogen) atoms. The van der Waals surface area contributed by atoms with Gasteiger partial charge in [-0.25, -0.2) is 9.97 Å². The zero-order valence-electron chi connectivity index (χ0n) is 18.5. The maximum absolute atomic E-state index is 12.6. The van der Waals surface area contributed by atoms with Gasteiger partial charge in [-0.1, -0.05) is 83.5 Å². The second-order valence-corrected chi connectivity index (χ2v) is 9.09. The highest BCUT2D eigenvalue weighted by molar-refractivity contribution is 7.98. The highest BCUT2D eigenvalue weighted by atomic mass is 35.5. The lowest BCUT2D eigenvalue weighted by Crippen LogP contribution is -2.28. The number of hydrogen-bond donors (Lipinski definition) is 2. The van der Waals surface area contributed by atoms with Crippen molar-refractivity contribution in [1.82, 2.24) is 15.3 Å². The molecule has 1 aromatic heterocycles. The van der Waals surface area contributed by atoms with Crippen LogP contribution in [0.4, 0.5) is 5.69 Å². The fraction of sp³-hybridized carbons (Fsp3) is 0.154. The highest BCUT2D eigenvalue weighted by Gasteiger charge is 2.15. The first kappa shape index (κ1) is 23.7. The van der Waals surface area contributed by atoms with Crippen LogP contribution in [0.1, 0.15) is 28.0 Å². The van der Waals surface area contributed by atoms with Gasteiger partial charge in [0.05, 0.1) is 11.2 Å². The summed E-state index contributed by atoms with van der Waals surface area (Å²) in [4.78, 5) is 33.4. The molecule has 4 rings (SSSR count). The number of nitrogens with zero attached hydrogens (tertiary/aromatic N) is 2. The first-order chi connectivity index (χ1) is 16.5. The van der Waals surface area contributed by atoms with Crippen LogP contribution in [0.25, 0.3) is 10.8 Å². The molecule has 4 aromatic rings. The SMILES string of the molecule is Cc1ccc(CSc2ncc(Cl)c(C(=O)NCCC(=O)Nc3ccc4ccccc4c3)n2)cc1. The van der Waals surface area contributed by atoms with E-state index in [1.165, 1.54) is 23.5 Å². The molecule has 1 heterocycles. The number of fused-ring (bicyclic) bond motifs is 1. The first-order valence-electron chi connectivity index (χ1n) is 10.8. The molecule has 0 fully saturated rings. The Labute approximate surface area is 207 Å². The van der Waals surface area contributed by atoms with Gasteiger partial charge in [0.1, 0.15) is 0 Å². The Morgan fingerprint density at radius 3 is 2.56 bits per heavy atom. The van der Waals surface area contributed by atoms with E-state index in [0.29, 0.717) is 16.6 Å². The van der Waals surface area contributed by atoms with Crippen molar-refractivity contribution < 1.29 is 9.59 Å². The van der Waals surface area contributed by atoms with Crippen LogP contribution >= 0.6 is 23.4 Å². The third kappa shape index (κ3) is 6.34. The van der Waals surface area contributed by atoms with E-state index in [4.69, 9.17) is 11.6 Å². The molecule has 0 bridgehead atoms. The fourth-order valence-electron chi connectivity index (χ4n) is 3.28. The summed E-state index contributed by atoms with van der Waals surface area (Å²) in [6.07, 6.45) is 1.55. The molecule has 8 heteroatoms. The molecule has 6 nitrogen and oxygen atoms in total. The number of hydrogen-bond acceptors (Lipinski definition) is 5. The summed E-state index contributed by atoms with van der Waals surface area (Å²) < 4.78 is 0. The van der Waals surface area contributed by atoms with Crippen molar-refractivity contribution in [2.45, 2.75) is 24.3 Å². The predicted molar refractivity (Wildman–Crippen MR) is 137 cm³/mol. The van der Waals surface area contributed by atoms with Gasteiger partial charge in [0.2, 0.25) is 5.91 Å². The lowest BCUT2D eigenvalue weighted by molar-refractivity contribution is -0.116. The van der Waals surface area contributed by atoms with Crippen LogP contribution in [0.3, 0.4) is 0 Å². The largest absolute Gasteiger partial charge is 0.350 e. The molecule has 0 radical (unpaired) electrons. The fourth-order valence-corrected chi connectivity index (χ4v) is 4.22. The quantitative estimate of drug-likeness (QED) is 0.246. The summed E-state index contributed by atoms with van der Waals surface area (Å²) in [5, 5.41) is 8.34. The maximum atomic E-state index is 12.6. The Bertz CT molecular complexity index is 1330. The minimum absolute atomic E-state index is 0.0954. The third-order valence-electron chi connectivity index (χ3n) is 5.10. The number of carbonyl (C=O) groups is 2. The lowest BCUT2D eigenvalue weighted by atomic mass is 10.1. The molecule has 3 aromatic carbocycles. The normalized spacial score (nSPS) is 10.8. The van der Waals surface area contributed by atoms with Crippen molar-refractivity contribution in [2.75, 3.05) is 11.9 Å². The molecular formula is C26H23ClN4O2S. The number of nitrogens with one attached hydrogen (secondary N) is 2. The molecule has 0 saturated carbocycles. The van der Waals surface area contributed by atoms with Gasteiger partial charge in [-0.2, -0.15) is 0 Å². The monoisotopic (exact) mass is 490 g/mol. The summed E-state index contributed by atoms with van der Waals surface area (Å²) >= 11 is 7.57. The van der Waals surface area contributed by atoms with Gasteiger partial charge in [-0.15, -0.1) is 0 Å². The van der Waals surface area contributed by atoms with Crippen LogP contribution in [-0.2, 0) is 10.5 Å². The summed E-state index contributed by atoms with van der Waals surface area (Å²) in [5.41, 5.74) is 3.14. The van der Waals surface area contributed by atoms with Gasteiger partial charge in [0.15, 0.2) is 10.9 Å². The molecule has 0 aliphatic heterocycles. The molecule has 0 aliphatic rings. The molecule has 0 spiro atoms. The average molecular weight is 491 g/mol. The van der Waals surface area contributed by atoms with Crippen LogP contribution in [0.2, 0.25) is 5.02 Å². The van der Waals surface area contributed by atoms with Crippen molar-refractivity contribution >= 4 is 51.6 Å². The van der Waals surface area contributed by atoms with Crippen LogP contribution in [0.15, 0.2) is 78.1 Å². The smallest absolute Gasteiger partial charge is 0.271 e. The average Bonchev–Trinajstić information content (AvgIpc) is 2.84. The number of thioether (sulfide) groups is 1. The predicted octanol–water partition coefficient (Wildman–Crippen LogP) is 5.64. The lowest BCUT2D eigenvalue weighted by Gasteiger charge is -2.09. The molecule has 0 aliphatic carbocycles. The number of aromatic nitrogens is 2. The second kappa shape index (κ2) is 11.1. The van der Waals surface area contributed by atoms with Crippen LogP contribution in [0.5, 0.6) is 0 Å². The van der Waals surface area contributed by atoms with Gasteiger partial charge in [-0.3, -0.25) is 9.59 Å². The highest BCUT2D eigenvalue weighted by Crippen LogP contribution is 2.22. The number of aryl methyl sites for hydroxylation is 1. The number of benzene rings is 3. The van der Waals surface area contributed by atoms with E-state index in [1.54, 1.807) is 0 Å². The summed E-state index contributed by atoms with van der Waals surface area (Å²) in [6, 6.07) is 21.9. The van der Waals surface area contributed by atoms with E-state index in [9.17, 15) is 9.59 Å². The van der Waals surface area contributed by atoms with Crippen molar-refractivity contribution in [1.29, 1.82) is 0 Å². The molecule has 0 atom stereocenters. The zero-order chi connectivity index (χ0) is 23.9. The summed E-state index contributed by atoms with van der Waals surface area (Å²) in [7, 11) is 0. The molecule has 0 unspecified atom stereocenters. The molecule has 2 N–H and O–H groups in total. The molecule has 0 saturated heterocycles. The summed E-state index contributed by atoms with van der Waals surface area (Å²) in [6.45, 7) is 2.20.